The maximum Gasteiger partial charge on any atom is 0.151 e. The summed E-state index contributed by atoms with van der Waals surface area (Å²) in [6, 6.07) is 7.48. The Balaban J connectivity index is 2.85. The molecule has 0 aliphatic heterocycles. The van der Waals surface area contributed by atoms with Crippen molar-refractivity contribution in [3.8, 4) is 0 Å². The van der Waals surface area contributed by atoms with Crippen molar-refractivity contribution in [2.75, 3.05) is 6.26 Å². The Morgan fingerprint density at radius 2 is 1.75 bits per heavy atom. The molecule has 4 heteroatoms. The molecule has 2 nitrogen and oxygen atoms in total. The Kier molecular flexibility index (Phi) is 3.11. The molecule has 1 rings (SSSR count). The first-order chi connectivity index (χ1) is 5.47. The number of halogens is 1. The molecule has 0 saturated carbocycles. The molecule has 1 aromatic carbocycles. The van der Waals surface area contributed by atoms with Crippen molar-refractivity contribution < 1.29 is 8.42 Å². The fraction of sp³-hybridized carbons (Fsp3) is 0.250. The summed E-state index contributed by atoms with van der Waals surface area (Å²) in [6.45, 7) is 0. The highest BCUT2D eigenvalue weighted by atomic mass is 127. The Labute approximate surface area is 86.0 Å². The summed E-state index contributed by atoms with van der Waals surface area (Å²) in [5.41, 5.74) is 0.845. The third-order valence-corrected chi connectivity index (χ3v) is 2.92. The van der Waals surface area contributed by atoms with E-state index in [9.17, 15) is 8.42 Å². The van der Waals surface area contributed by atoms with Gasteiger partial charge in [0.25, 0.3) is 0 Å². The molecule has 0 heterocycles. The fourth-order valence-electron chi connectivity index (χ4n) is 0.883. The van der Waals surface area contributed by atoms with Crippen LogP contribution in [0.4, 0.5) is 0 Å². The van der Waals surface area contributed by atoms with Gasteiger partial charge in [-0.2, -0.15) is 0 Å². The molecular formula is C8H9IO2S. The van der Waals surface area contributed by atoms with Crippen LogP contribution < -0.4 is 0 Å². The Bertz CT molecular complexity index is 353. The standard InChI is InChI=1S/C8H9IO2S/c1-12(10,11)6-7-2-4-8(9)5-3-7/h2-5H,6H2,1H3. The maximum atomic E-state index is 10.9. The normalized spacial score (nSPS) is 11.5. The third kappa shape index (κ3) is 3.53. The lowest BCUT2D eigenvalue weighted by atomic mass is 10.2. The highest BCUT2D eigenvalue weighted by Crippen LogP contribution is 2.08. The lowest BCUT2D eigenvalue weighted by Crippen LogP contribution is -2.00. The zero-order chi connectivity index (χ0) is 9.19. The highest BCUT2D eigenvalue weighted by Gasteiger charge is 2.02. The molecular weight excluding hydrogens is 287 g/mol. The van der Waals surface area contributed by atoms with Gasteiger partial charge < -0.3 is 0 Å². The number of hydrogen-bond acceptors (Lipinski definition) is 2. The summed E-state index contributed by atoms with van der Waals surface area (Å²) in [5.74, 6) is 0.129. The Morgan fingerprint density at radius 3 is 2.17 bits per heavy atom. The van der Waals surface area contributed by atoms with E-state index in [1.807, 2.05) is 24.3 Å². The minimum Gasteiger partial charge on any atom is -0.229 e. The molecule has 0 bridgehead atoms. The van der Waals surface area contributed by atoms with Gasteiger partial charge in [0.2, 0.25) is 0 Å². The summed E-state index contributed by atoms with van der Waals surface area (Å²) in [4.78, 5) is 0. The molecule has 12 heavy (non-hydrogen) atoms. The zero-order valence-electron chi connectivity index (χ0n) is 6.62. The Hall–Kier alpha value is -0.100. The lowest BCUT2D eigenvalue weighted by Gasteiger charge is -1.98. The van der Waals surface area contributed by atoms with Crippen LogP contribution in [0.2, 0.25) is 0 Å². The van der Waals surface area contributed by atoms with Crippen LogP contribution in [0.5, 0.6) is 0 Å². The second kappa shape index (κ2) is 3.74. The first-order valence-corrected chi connectivity index (χ1v) is 6.53. The van der Waals surface area contributed by atoms with Gasteiger partial charge in [-0.3, -0.25) is 0 Å². The van der Waals surface area contributed by atoms with Crippen LogP contribution in [0.25, 0.3) is 0 Å². The molecule has 0 aliphatic rings. The van der Waals surface area contributed by atoms with E-state index < -0.39 is 9.84 Å². The summed E-state index contributed by atoms with van der Waals surface area (Å²) in [7, 11) is -2.89. The number of benzene rings is 1. The predicted octanol–water partition coefficient (Wildman–Crippen LogP) is 1.84. The van der Waals surface area contributed by atoms with E-state index in [1.54, 1.807) is 0 Å². The molecule has 0 aromatic heterocycles. The van der Waals surface area contributed by atoms with Gasteiger partial charge in [0.1, 0.15) is 0 Å². The average molecular weight is 296 g/mol. The SMILES string of the molecule is CS(=O)(=O)Cc1ccc(I)cc1. The van der Waals surface area contributed by atoms with Gasteiger partial charge in [-0.05, 0) is 40.3 Å². The predicted molar refractivity (Wildman–Crippen MR) is 57.7 cm³/mol. The zero-order valence-corrected chi connectivity index (χ0v) is 9.59. The van der Waals surface area contributed by atoms with Gasteiger partial charge in [0.15, 0.2) is 9.84 Å². The topological polar surface area (TPSA) is 34.1 Å². The number of hydrogen-bond donors (Lipinski definition) is 0. The van der Waals surface area contributed by atoms with Crippen molar-refractivity contribution in [3.63, 3.8) is 0 Å². The summed E-state index contributed by atoms with van der Waals surface area (Å²) < 4.78 is 22.9. The molecule has 0 aliphatic carbocycles. The largest absolute Gasteiger partial charge is 0.229 e. The fourth-order valence-corrected chi connectivity index (χ4v) is 2.04. The molecule has 0 amide bonds. The summed E-state index contributed by atoms with van der Waals surface area (Å²) >= 11 is 2.18. The van der Waals surface area contributed by atoms with Crippen molar-refractivity contribution in [1.82, 2.24) is 0 Å². The molecule has 0 spiro atoms. The molecule has 0 N–H and O–H groups in total. The van der Waals surface area contributed by atoms with Crippen molar-refractivity contribution in [2.24, 2.45) is 0 Å². The second-order valence-electron chi connectivity index (χ2n) is 2.70. The molecule has 0 radical (unpaired) electrons. The van der Waals surface area contributed by atoms with Crippen LogP contribution in [0.3, 0.4) is 0 Å². The average Bonchev–Trinajstić information content (AvgIpc) is 1.91. The quantitative estimate of drug-likeness (QED) is 0.780. The van der Waals surface area contributed by atoms with Crippen LogP contribution in [-0.4, -0.2) is 14.7 Å². The van der Waals surface area contributed by atoms with Gasteiger partial charge in [-0.25, -0.2) is 8.42 Å². The second-order valence-corrected chi connectivity index (χ2v) is 6.08. The molecule has 0 unspecified atom stereocenters. The van der Waals surface area contributed by atoms with E-state index in [4.69, 9.17) is 0 Å². The van der Waals surface area contributed by atoms with E-state index >= 15 is 0 Å². The smallest absolute Gasteiger partial charge is 0.151 e. The molecule has 66 valence electrons. The van der Waals surface area contributed by atoms with Gasteiger partial charge >= 0.3 is 0 Å². The van der Waals surface area contributed by atoms with Crippen LogP contribution in [0, 0.1) is 3.57 Å². The monoisotopic (exact) mass is 296 g/mol. The molecule has 1 aromatic rings. The minimum atomic E-state index is -2.89. The maximum absolute atomic E-state index is 10.9. The van der Waals surface area contributed by atoms with Gasteiger partial charge in [-0.15, -0.1) is 0 Å². The van der Waals surface area contributed by atoms with E-state index in [0.29, 0.717) is 0 Å². The van der Waals surface area contributed by atoms with E-state index in [-0.39, 0.29) is 5.75 Å². The van der Waals surface area contributed by atoms with Crippen molar-refractivity contribution in [1.29, 1.82) is 0 Å². The first-order valence-electron chi connectivity index (χ1n) is 3.39. The van der Waals surface area contributed by atoms with E-state index in [1.165, 1.54) is 6.26 Å². The van der Waals surface area contributed by atoms with Crippen LogP contribution in [0.15, 0.2) is 24.3 Å². The molecule has 0 saturated heterocycles. The Morgan fingerprint density at radius 1 is 1.25 bits per heavy atom. The number of rotatable bonds is 2. The van der Waals surface area contributed by atoms with E-state index in [2.05, 4.69) is 22.6 Å². The third-order valence-electron chi connectivity index (χ3n) is 1.34. The van der Waals surface area contributed by atoms with E-state index in [0.717, 1.165) is 9.13 Å². The van der Waals surface area contributed by atoms with Crippen LogP contribution in [-0.2, 0) is 15.6 Å². The van der Waals surface area contributed by atoms with Crippen molar-refractivity contribution >= 4 is 32.4 Å². The number of sulfone groups is 1. The van der Waals surface area contributed by atoms with Crippen molar-refractivity contribution in [2.45, 2.75) is 5.75 Å². The van der Waals surface area contributed by atoms with Crippen LogP contribution >= 0.6 is 22.6 Å². The highest BCUT2D eigenvalue weighted by molar-refractivity contribution is 14.1. The summed E-state index contributed by atoms with van der Waals surface area (Å²) in [5, 5.41) is 0. The first kappa shape index (κ1) is 9.98. The van der Waals surface area contributed by atoms with Gasteiger partial charge in [0, 0.05) is 9.83 Å². The van der Waals surface area contributed by atoms with Gasteiger partial charge in [-0.1, -0.05) is 12.1 Å². The molecule has 0 fully saturated rings. The van der Waals surface area contributed by atoms with Gasteiger partial charge in [0.05, 0.1) is 5.75 Å². The van der Waals surface area contributed by atoms with Crippen molar-refractivity contribution in [3.05, 3.63) is 33.4 Å². The minimum absolute atomic E-state index is 0.129. The molecule has 0 atom stereocenters. The van der Waals surface area contributed by atoms with Crippen LogP contribution in [0.1, 0.15) is 5.56 Å². The summed E-state index contributed by atoms with van der Waals surface area (Å²) in [6.07, 6.45) is 1.24. The lowest BCUT2D eigenvalue weighted by molar-refractivity contribution is 0.601.